The number of piperidine rings is 1. The third-order valence-electron chi connectivity index (χ3n) is 4.48. The van der Waals surface area contributed by atoms with Gasteiger partial charge in [0.2, 0.25) is 10.0 Å². The molecule has 5 nitrogen and oxygen atoms in total. The minimum atomic E-state index is -3.28. The maximum absolute atomic E-state index is 12.6. The van der Waals surface area contributed by atoms with Gasteiger partial charge in [0, 0.05) is 24.7 Å². The largest absolute Gasteiger partial charge is 0.339 e. The van der Waals surface area contributed by atoms with Crippen LogP contribution in [0.3, 0.4) is 0 Å². The van der Waals surface area contributed by atoms with Gasteiger partial charge in [-0.3, -0.25) is 9.10 Å². The van der Waals surface area contributed by atoms with Crippen LogP contribution in [0.2, 0.25) is 0 Å². The summed E-state index contributed by atoms with van der Waals surface area (Å²) in [5, 5.41) is 0. The Labute approximate surface area is 132 Å². The highest BCUT2D eigenvalue weighted by Gasteiger charge is 2.33. The van der Waals surface area contributed by atoms with Crippen molar-refractivity contribution in [2.45, 2.75) is 38.6 Å². The van der Waals surface area contributed by atoms with Crippen molar-refractivity contribution in [1.29, 1.82) is 0 Å². The fourth-order valence-corrected chi connectivity index (χ4v) is 4.78. The summed E-state index contributed by atoms with van der Waals surface area (Å²) in [7, 11) is -3.28. The van der Waals surface area contributed by atoms with Gasteiger partial charge in [-0.15, -0.1) is 0 Å². The van der Waals surface area contributed by atoms with Gasteiger partial charge in [0.25, 0.3) is 5.91 Å². The predicted molar refractivity (Wildman–Crippen MR) is 86.7 cm³/mol. The van der Waals surface area contributed by atoms with Gasteiger partial charge in [0.15, 0.2) is 0 Å². The molecule has 1 saturated heterocycles. The number of hydrogen-bond acceptors (Lipinski definition) is 3. The van der Waals surface area contributed by atoms with E-state index < -0.39 is 10.0 Å². The van der Waals surface area contributed by atoms with Crippen LogP contribution in [0.25, 0.3) is 0 Å². The summed E-state index contributed by atoms with van der Waals surface area (Å²) in [6.07, 6.45) is 5.20. The summed E-state index contributed by atoms with van der Waals surface area (Å²) >= 11 is 0. The zero-order valence-corrected chi connectivity index (χ0v) is 13.9. The van der Waals surface area contributed by atoms with Crippen LogP contribution in [-0.2, 0) is 16.4 Å². The number of anilines is 1. The van der Waals surface area contributed by atoms with Crippen LogP contribution in [0.5, 0.6) is 0 Å². The second-order valence-corrected chi connectivity index (χ2v) is 8.17. The maximum Gasteiger partial charge on any atom is 0.253 e. The lowest BCUT2D eigenvalue weighted by Gasteiger charge is -2.27. The van der Waals surface area contributed by atoms with Crippen molar-refractivity contribution in [2.75, 3.05) is 23.7 Å². The number of fused-ring (bicyclic) bond motifs is 1. The Hall–Kier alpha value is -1.56. The van der Waals surface area contributed by atoms with Crippen molar-refractivity contribution in [3.63, 3.8) is 0 Å². The van der Waals surface area contributed by atoms with Crippen LogP contribution in [0.15, 0.2) is 18.2 Å². The summed E-state index contributed by atoms with van der Waals surface area (Å²) in [5.74, 6) is 0.0629. The van der Waals surface area contributed by atoms with Crippen molar-refractivity contribution >= 4 is 21.6 Å². The summed E-state index contributed by atoms with van der Waals surface area (Å²) < 4.78 is 25.3. The second-order valence-electron chi connectivity index (χ2n) is 6.31. The molecule has 2 aliphatic rings. The smallest absolute Gasteiger partial charge is 0.253 e. The minimum absolute atomic E-state index is 0.0629. The van der Waals surface area contributed by atoms with Gasteiger partial charge in [0.05, 0.1) is 11.9 Å². The summed E-state index contributed by atoms with van der Waals surface area (Å²) in [4.78, 5) is 14.5. The fourth-order valence-electron chi connectivity index (χ4n) is 3.52. The van der Waals surface area contributed by atoms with Gasteiger partial charge in [-0.25, -0.2) is 8.42 Å². The molecule has 120 valence electrons. The van der Waals surface area contributed by atoms with Gasteiger partial charge in [-0.2, -0.15) is 0 Å². The molecule has 0 N–H and O–H groups in total. The van der Waals surface area contributed by atoms with E-state index in [1.807, 2.05) is 17.9 Å². The fraction of sp³-hybridized carbons (Fsp3) is 0.562. The van der Waals surface area contributed by atoms with E-state index in [2.05, 4.69) is 0 Å². The predicted octanol–water partition coefficient (Wildman–Crippen LogP) is 2.02. The van der Waals surface area contributed by atoms with E-state index in [9.17, 15) is 13.2 Å². The van der Waals surface area contributed by atoms with Gasteiger partial charge in [-0.05, 0) is 56.4 Å². The quantitative estimate of drug-likeness (QED) is 0.837. The number of hydrogen-bond donors (Lipinski definition) is 0. The molecule has 0 radical (unpaired) electrons. The van der Waals surface area contributed by atoms with E-state index in [1.54, 1.807) is 12.1 Å². The standard InChI is InChI=1S/C16H22N2O3S/c1-12-10-14-11-13(16(19)17-8-4-3-5-9-17)6-7-15(14)18(12)22(2,20)21/h6-7,11-12H,3-5,8-10H2,1-2H3. The van der Waals surface area contributed by atoms with E-state index in [4.69, 9.17) is 0 Å². The molecule has 0 aliphatic carbocycles. The first-order valence-electron chi connectivity index (χ1n) is 7.79. The number of rotatable bonds is 2. The van der Waals surface area contributed by atoms with Crippen molar-refractivity contribution in [1.82, 2.24) is 4.90 Å². The molecule has 0 aromatic heterocycles. The lowest BCUT2D eigenvalue weighted by molar-refractivity contribution is 0.0724. The third-order valence-corrected chi connectivity index (χ3v) is 5.75. The molecule has 0 bridgehead atoms. The second kappa shape index (κ2) is 5.57. The highest BCUT2D eigenvalue weighted by Crippen LogP contribution is 2.35. The van der Waals surface area contributed by atoms with E-state index in [0.717, 1.165) is 31.5 Å². The molecule has 1 unspecified atom stereocenters. The number of amides is 1. The van der Waals surface area contributed by atoms with E-state index in [1.165, 1.54) is 17.0 Å². The Kier molecular flexibility index (Phi) is 3.89. The normalized spacial score (nSPS) is 21.8. The number of nitrogens with zero attached hydrogens (tertiary/aromatic N) is 2. The van der Waals surface area contributed by atoms with Crippen LogP contribution < -0.4 is 4.31 Å². The Morgan fingerprint density at radius 2 is 1.86 bits per heavy atom. The van der Waals surface area contributed by atoms with Crippen molar-refractivity contribution in [3.05, 3.63) is 29.3 Å². The molecule has 1 atom stereocenters. The molecule has 1 amide bonds. The number of likely N-dealkylation sites (tertiary alicyclic amines) is 1. The zero-order valence-electron chi connectivity index (χ0n) is 13.1. The van der Waals surface area contributed by atoms with E-state index in [0.29, 0.717) is 17.7 Å². The van der Waals surface area contributed by atoms with Crippen molar-refractivity contribution in [3.8, 4) is 0 Å². The Morgan fingerprint density at radius 3 is 2.50 bits per heavy atom. The number of carbonyl (C=O) groups excluding carboxylic acids is 1. The van der Waals surface area contributed by atoms with Gasteiger partial charge in [0.1, 0.15) is 0 Å². The molecule has 1 aromatic carbocycles. The average molecular weight is 322 g/mol. The number of benzene rings is 1. The molecule has 22 heavy (non-hydrogen) atoms. The van der Waals surface area contributed by atoms with Gasteiger partial charge >= 0.3 is 0 Å². The zero-order chi connectivity index (χ0) is 15.9. The lowest BCUT2D eigenvalue weighted by atomic mass is 10.0. The third kappa shape index (κ3) is 2.72. The van der Waals surface area contributed by atoms with Crippen molar-refractivity contribution < 1.29 is 13.2 Å². The number of sulfonamides is 1. The lowest BCUT2D eigenvalue weighted by Crippen LogP contribution is -2.35. The maximum atomic E-state index is 12.6. The highest BCUT2D eigenvalue weighted by molar-refractivity contribution is 7.92. The van der Waals surface area contributed by atoms with Crippen LogP contribution in [0.4, 0.5) is 5.69 Å². The van der Waals surface area contributed by atoms with Gasteiger partial charge in [-0.1, -0.05) is 0 Å². The Bertz CT molecular complexity index is 693. The van der Waals surface area contributed by atoms with Crippen LogP contribution in [-0.4, -0.2) is 44.6 Å². The molecule has 6 heteroatoms. The molecule has 1 fully saturated rings. The van der Waals surface area contributed by atoms with Crippen LogP contribution in [0.1, 0.15) is 42.1 Å². The topological polar surface area (TPSA) is 57.7 Å². The minimum Gasteiger partial charge on any atom is -0.339 e. The molecule has 3 rings (SSSR count). The van der Waals surface area contributed by atoms with Crippen LogP contribution in [0, 0.1) is 0 Å². The first-order chi connectivity index (χ1) is 10.4. The molecule has 2 heterocycles. The Balaban J connectivity index is 1.89. The first kappa shape index (κ1) is 15.3. The van der Waals surface area contributed by atoms with Gasteiger partial charge < -0.3 is 4.90 Å². The SMILES string of the molecule is CC1Cc2cc(C(=O)N3CCCCC3)ccc2N1S(C)(=O)=O. The number of carbonyl (C=O) groups is 1. The van der Waals surface area contributed by atoms with E-state index in [-0.39, 0.29) is 11.9 Å². The molecular formula is C16H22N2O3S. The summed E-state index contributed by atoms with van der Waals surface area (Å²) in [5.41, 5.74) is 2.33. The molecule has 2 aliphatic heterocycles. The average Bonchev–Trinajstić information content (AvgIpc) is 2.82. The molecule has 1 aromatic rings. The Morgan fingerprint density at radius 1 is 1.18 bits per heavy atom. The highest BCUT2D eigenvalue weighted by atomic mass is 32.2. The van der Waals surface area contributed by atoms with E-state index >= 15 is 0 Å². The first-order valence-corrected chi connectivity index (χ1v) is 9.64. The van der Waals surface area contributed by atoms with Crippen molar-refractivity contribution in [2.24, 2.45) is 0 Å². The van der Waals surface area contributed by atoms with Crippen LogP contribution >= 0.6 is 0 Å². The molecular weight excluding hydrogens is 300 g/mol. The molecule has 0 spiro atoms. The monoisotopic (exact) mass is 322 g/mol. The summed E-state index contributed by atoms with van der Waals surface area (Å²) in [6, 6.07) is 5.31. The molecule has 0 saturated carbocycles. The summed E-state index contributed by atoms with van der Waals surface area (Å²) in [6.45, 7) is 3.54.